The highest BCUT2D eigenvalue weighted by Crippen LogP contribution is 2.20. The van der Waals surface area contributed by atoms with Gasteiger partial charge >= 0.3 is 0 Å². The second-order valence-electron chi connectivity index (χ2n) is 2.68. The van der Waals surface area contributed by atoms with Crippen LogP contribution < -0.4 is 10.5 Å². The fraction of sp³-hybridized carbons (Fsp3) is 0.333. The molecule has 1 rings (SSSR count). The van der Waals surface area contributed by atoms with Crippen LogP contribution in [0.1, 0.15) is 11.8 Å². The van der Waals surface area contributed by atoms with Crippen LogP contribution in [0.25, 0.3) is 0 Å². The number of hydrogen-bond donors (Lipinski definition) is 2. The van der Waals surface area contributed by atoms with Gasteiger partial charge in [-0.25, -0.2) is 8.42 Å². The van der Waals surface area contributed by atoms with Gasteiger partial charge in [-0.15, -0.1) is 17.3 Å². The molecule has 0 aliphatic heterocycles. The summed E-state index contributed by atoms with van der Waals surface area (Å²) >= 11 is 1.17. The largest absolute Gasteiger partial charge is 0.326 e. The van der Waals surface area contributed by atoms with Gasteiger partial charge in [-0.3, -0.25) is 0 Å². The molecule has 1 aromatic heterocycles. The second-order valence-corrected chi connectivity index (χ2v) is 5.84. The monoisotopic (exact) mass is 244 g/mol. The molecule has 4 nitrogen and oxygen atoms in total. The lowest BCUT2D eigenvalue weighted by atomic mass is 10.5. The van der Waals surface area contributed by atoms with Crippen LogP contribution >= 0.6 is 11.3 Å². The highest BCUT2D eigenvalue weighted by molar-refractivity contribution is 7.91. The molecule has 0 bridgehead atoms. The van der Waals surface area contributed by atoms with Crippen molar-refractivity contribution in [1.29, 1.82) is 0 Å². The molecule has 0 unspecified atom stereocenters. The predicted octanol–water partition coefficient (Wildman–Crippen LogP) is 0.508. The van der Waals surface area contributed by atoms with Crippen LogP contribution in [0.5, 0.6) is 0 Å². The molecule has 82 valence electrons. The van der Waals surface area contributed by atoms with E-state index in [-0.39, 0.29) is 10.8 Å². The molecule has 0 aliphatic rings. The molecule has 1 heterocycles. The summed E-state index contributed by atoms with van der Waals surface area (Å²) in [6, 6.07) is 3.26. The Hall–Kier alpha value is -0.870. The Morgan fingerprint density at radius 3 is 2.80 bits per heavy atom. The van der Waals surface area contributed by atoms with Gasteiger partial charge in [-0.2, -0.15) is 4.72 Å². The van der Waals surface area contributed by atoms with Crippen LogP contribution in [-0.4, -0.2) is 15.0 Å². The molecule has 1 aromatic rings. The minimum atomic E-state index is -3.41. The first kappa shape index (κ1) is 12.2. The van der Waals surface area contributed by atoms with E-state index in [9.17, 15) is 8.42 Å². The average molecular weight is 244 g/mol. The molecule has 0 atom stereocenters. The number of sulfonamides is 1. The lowest BCUT2D eigenvalue weighted by Crippen LogP contribution is -2.23. The SMILES string of the molecule is CC#CCNS(=O)(=O)c1ccc(CN)s1. The van der Waals surface area contributed by atoms with Crippen molar-refractivity contribution in [2.75, 3.05) is 6.54 Å². The Labute approximate surface area is 93.5 Å². The maximum absolute atomic E-state index is 11.6. The van der Waals surface area contributed by atoms with Crippen LogP contribution in [0.3, 0.4) is 0 Å². The van der Waals surface area contributed by atoms with Crippen molar-refractivity contribution in [3.05, 3.63) is 17.0 Å². The molecule has 0 fully saturated rings. The Morgan fingerprint density at radius 2 is 2.27 bits per heavy atom. The number of thiophene rings is 1. The molecule has 0 saturated heterocycles. The Kier molecular flexibility index (Phi) is 4.29. The van der Waals surface area contributed by atoms with Gasteiger partial charge in [0.1, 0.15) is 4.21 Å². The van der Waals surface area contributed by atoms with Crippen molar-refractivity contribution in [2.24, 2.45) is 5.73 Å². The van der Waals surface area contributed by atoms with E-state index in [2.05, 4.69) is 16.6 Å². The summed E-state index contributed by atoms with van der Waals surface area (Å²) in [6.45, 7) is 2.15. The third kappa shape index (κ3) is 3.32. The van der Waals surface area contributed by atoms with Crippen molar-refractivity contribution < 1.29 is 8.42 Å². The molecule has 0 aliphatic carbocycles. The normalized spacial score (nSPS) is 10.8. The molecule has 0 amide bonds. The van der Waals surface area contributed by atoms with Gasteiger partial charge in [0.05, 0.1) is 6.54 Å². The van der Waals surface area contributed by atoms with E-state index in [4.69, 9.17) is 5.73 Å². The van der Waals surface area contributed by atoms with Crippen molar-refractivity contribution >= 4 is 21.4 Å². The molecule has 15 heavy (non-hydrogen) atoms. The fourth-order valence-electron chi connectivity index (χ4n) is 0.903. The van der Waals surface area contributed by atoms with E-state index in [1.807, 2.05) is 0 Å². The van der Waals surface area contributed by atoms with Gasteiger partial charge in [0.15, 0.2) is 0 Å². The zero-order valence-electron chi connectivity index (χ0n) is 8.28. The standard InChI is InChI=1S/C9H12N2O2S2/c1-2-3-6-11-15(12,13)9-5-4-8(7-10)14-9/h4-5,11H,6-7,10H2,1H3. The second kappa shape index (κ2) is 5.28. The van der Waals surface area contributed by atoms with Gasteiger partial charge in [0.2, 0.25) is 0 Å². The first-order chi connectivity index (χ1) is 7.10. The summed E-state index contributed by atoms with van der Waals surface area (Å²) in [6.07, 6.45) is 0. The molecule has 0 aromatic carbocycles. The van der Waals surface area contributed by atoms with Crippen molar-refractivity contribution in [3.8, 4) is 11.8 Å². The molecular formula is C9H12N2O2S2. The Morgan fingerprint density at radius 1 is 1.53 bits per heavy atom. The third-order valence-corrected chi connectivity index (χ3v) is 4.63. The molecule has 0 saturated carbocycles. The maximum Gasteiger partial charge on any atom is 0.250 e. The van der Waals surface area contributed by atoms with Gasteiger partial charge in [0.25, 0.3) is 10.0 Å². The molecule has 6 heteroatoms. The molecule has 0 radical (unpaired) electrons. The zero-order chi connectivity index (χ0) is 11.3. The van der Waals surface area contributed by atoms with E-state index in [1.165, 1.54) is 11.3 Å². The van der Waals surface area contributed by atoms with Crippen molar-refractivity contribution in [1.82, 2.24) is 4.72 Å². The summed E-state index contributed by atoms with van der Waals surface area (Å²) in [5, 5.41) is 0. The van der Waals surface area contributed by atoms with Crippen LogP contribution in [0.4, 0.5) is 0 Å². The number of rotatable bonds is 4. The molecular weight excluding hydrogens is 232 g/mol. The first-order valence-electron chi connectivity index (χ1n) is 4.28. The lowest BCUT2D eigenvalue weighted by Gasteiger charge is -1.99. The van der Waals surface area contributed by atoms with Crippen molar-refractivity contribution in [3.63, 3.8) is 0 Å². The quantitative estimate of drug-likeness (QED) is 0.758. The molecule has 0 spiro atoms. The Balaban J connectivity index is 2.80. The highest BCUT2D eigenvalue weighted by Gasteiger charge is 2.15. The maximum atomic E-state index is 11.6. The van der Waals surface area contributed by atoms with Gasteiger partial charge < -0.3 is 5.73 Å². The van der Waals surface area contributed by atoms with Crippen molar-refractivity contribution in [2.45, 2.75) is 17.7 Å². The predicted molar refractivity (Wildman–Crippen MR) is 60.8 cm³/mol. The number of hydrogen-bond acceptors (Lipinski definition) is 4. The summed E-state index contributed by atoms with van der Waals surface area (Å²) in [7, 11) is -3.41. The Bertz CT molecular complexity index is 480. The first-order valence-corrected chi connectivity index (χ1v) is 6.58. The summed E-state index contributed by atoms with van der Waals surface area (Å²) in [5.41, 5.74) is 5.40. The van der Waals surface area contributed by atoms with E-state index in [1.54, 1.807) is 19.1 Å². The summed E-state index contributed by atoms with van der Waals surface area (Å²) in [4.78, 5) is 0.844. The zero-order valence-corrected chi connectivity index (χ0v) is 9.91. The summed E-state index contributed by atoms with van der Waals surface area (Å²) in [5.74, 6) is 5.25. The van der Waals surface area contributed by atoms with Gasteiger partial charge in [-0.05, 0) is 19.1 Å². The highest BCUT2D eigenvalue weighted by atomic mass is 32.2. The van der Waals surface area contributed by atoms with E-state index >= 15 is 0 Å². The van der Waals surface area contributed by atoms with Crippen LogP contribution in [0.2, 0.25) is 0 Å². The minimum Gasteiger partial charge on any atom is -0.326 e. The van der Waals surface area contributed by atoms with Gasteiger partial charge in [0, 0.05) is 11.4 Å². The number of nitrogens with two attached hydrogens (primary N) is 1. The van der Waals surface area contributed by atoms with Crippen LogP contribution in [0.15, 0.2) is 16.3 Å². The molecule has 3 N–H and O–H groups in total. The van der Waals surface area contributed by atoms with E-state index in [0.29, 0.717) is 6.54 Å². The van der Waals surface area contributed by atoms with Gasteiger partial charge in [-0.1, -0.05) is 5.92 Å². The van der Waals surface area contributed by atoms with E-state index < -0.39 is 10.0 Å². The topological polar surface area (TPSA) is 72.2 Å². The smallest absolute Gasteiger partial charge is 0.250 e. The number of nitrogens with one attached hydrogen (secondary N) is 1. The fourth-order valence-corrected chi connectivity index (χ4v) is 3.11. The minimum absolute atomic E-state index is 0.134. The lowest BCUT2D eigenvalue weighted by molar-refractivity contribution is 0.588. The summed E-state index contributed by atoms with van der Waals surface area (Å²) < 4.78 is 25.9. The van der Waals surface area contributed by atoms with E-state index in [0.717, 1.165) is 4.88 Å². The van der Waals surface area contributed by atoms with Crippen LogP contribution in [0, 0.1) is 11.8 Å². The van der Waals surface area contributed by atoms with Crippen LogP contribution in [-0.2, 0) is 16.6 Å². The third-order valence-electron chi connectivity index (χ3n) is 1.63. The average Bonchev–Trinajstić information content (AvgIpc) is 2.66.